The van der Waals surface area contributed by atoms with Gasteiger partial charge in [0, 0.05) is 11.8 Å². The lowest BCUT2D eigenvalue weighted by molar-refractivity contribution is -0.00107. The summed E-state index contributed by atoms with van der Waals surface area (Å²) < 4.78 is 6.40. The van der Waals surface area contributed by atoms with Gasteiger partial charge in [0.05, 0.1) is 5.60 Å². The summed E-state index contributed by atoms with van der Waals surface area (Å²) >= 11 is 0. The molecule has 0 unspecified atom stereocenters. The van der Waals surface area contributed by atoms with Crippen molar-refractivity contribution in [3.05, 3.63) is 12.3 Å². The first-order valence-corrected chi connectivity index (χ1v) is 6.48. The van der Waals surface area contributed by atoms with Gasteiger partial charge in [-0.25, -0.2) is 0 Å². The number of nitrogens with one attached hydrogen (secondary N) is 1. The zero-order chi connectivity index (χ0) is 12.7. The molecule has 0 amide bonds. The molecule has 1 aromatic heterocycles. The van der Waals surface area contributed by atoms with E-state index in [-0.39, 0.29) is 17.9 Å². The Balaban J connectivity index is 2.14. The zero-order valence-corrected chi connectivity index (χ0v) is 11.6. The molecule has 1 heterocycles. The van der Waals surface area contributed by atoms with Gasteiger partial charge in [-0.05, 0) is 31.1 Å². The third kappa shape index (κ3) is 2.74. The maximum atomic E-state index is 6.40. The van der Waals surface area contributed by atoms with Crippen molar-refractivity contribution in [2.75, 3.05) is 0 Å². The third-order valence-electron chi connectivity index (χ3n) is 4.11. The Bertz CT molecular complexity index is 363. The number of H-pyrrole nitrogens is 1. The molecule has 1 fully saturated rings. The minimum atomic E-state index is -0.147. The molecule has 1 aliphatic rings. The first-order chi connectivity index (χ1) is 7.81. The van der Waals surface area contributed by atoms with Crippen molar-refractivity contribution < 1.29 is 4.65 Å². The highest BCUT2D eigenvalue weighted by atomic mass is 16.5. The molecule has 2 rings (SSSR count). The number of hydrogen-bond donors (Lipinski definition) is 1. The van der Waals surface area contributed by atoms with Crippen LogP contribution >= 0.6 is 0 Å². The van der Waals surface area contributed by atoms with E-state index in [1.54, 1.807) is 6.20 Å². The van der Waals surface area contributed by atoms with Crippen LogP contribution in [-0.2, 0) is 4.65 Å². The molecule has 17 heavy (non-hydrogen) atoms. The van der Waals surface area contributed by atoms with Crippen LogP contribution < -0.4 is 5.59 Å². The van der Waals surface area contributed by atoms with Crippen molar-refractivity contribution in [2.45, 2.75) is 58.9 Å². The lowest BCUT2D eigenvalue weighted by atomic mass is 9.57. The Kier molecular flexibility index (Phi) is 3.11. The van der Waals surface area contributed by atoms with Gasteiger partial charge < -0.3 is 4.65 Å². The summed E-state index contributed by atoms with van der Waals surface area (Å²) in [6, 6.07) is 2.03. The summed E-state index contributed by atoms with van der Waals surface area (Å²) in [5, 5.41) is 7.10. The van der Waals surface area contributed by atoms with Crippen LogP contribution in [0.1, 0.15) is 47.5 Å². The van der Waals surface area contributed by atoms with Gasteiger partial charge in [0.25, 0.3) is 0 Å². The second-order valence-electron chi connectivity index (χ2n) is 6.65. The highest BCUT2D eigenvalue weighted by molar-refractivity contribution is 6.68. The van der Waals surface area contributed by atoms with E-state index >= 15 is 0 Å². The van der Waals surface area contributed by atoms with Crippen molar-refractivity contribution in [2.24, 2.45) is 5.41 Å². The van der Waals surface area contributed by atoms with Crippen LogP contribution in [0.2, 0.25) is 5.82 Å². The predicted octanol–water partition coefficient (Wildman–Crippen LogP) is 2.61. The van der Waals surface area contributed by atoms with Crippen molar-refractivity contribution in [1.29, 1.82) is 0 Å². The van der Waals surface area contributed by atoms with Gasteiger partial charge in [-0.1, -0.05) is 33.6 Å². The summed E-state index contributed by atoms with van der Waals surface area (Å²) in [7, 11) is 0. The lowest BCUT2D eigenvalue weighted by Crippen LogP contribution is -2.48. The highest BCUT2D eigenvalue weighted by Crippen LogP contribution is 2.42. The largest absolute Gasteiger partial charge is 0.424 e. The molecule has 0 saturated heterocycles. The van der Waals surface area contributed by atoms with E-state index in [1.165, 1.54) is 12.8 Å². The van der Waals surface area contributed by atoms with E-state index < -0.39 is 0 Å². The van der Waals surface area contributed by atoms with E-state index in [1.807, 2.05) is 6.07 Å². The molecule has 0 spiro atoms. The zero-order valence-electron chi connectivity index (χ0n) is 11.6. The van der Waals surface area contributed by atoms with Gasteiger partial charge in [0.1, 0.15) is 0 Å². The van der Waals surface area contributed by atoms with Gasteiger partial charge in [-0.3, -0.25) is 5.10 Å². The molecule has 0 bridgehead atoms. The van der Waals surface area contributed by atoms with E-state index in [2.05, 4.69) is 44.8 Å². The van der Waals surface area contributed by atoms with Crippen LogP contribution in [0.4, 0.5) is 0 Å². The molecule has 0 aliphatic heterocycles. The number of rotatable bonds is 4. The van der Waals surface area contributed by atoms with Gasteiger partial charge in [-0.2, -0.15) is 5.10 Å². The smallest absolute Gasteiger partial charge is 0.349 e. The number of hydrogen-bond acceptors (Lipinski definition) is 2. The summed E-state index contributed by atoms with van der Waals surface area (Å²) in [6.07, 6.45) is 4.34. The highest BCUT2D eigenvalue weighted by Gasteiger charge is 2.45. The number of nitrogens with zero attached hydrogens (tertiary/aromatic N) is 1. The van der Waals surface area contributed by atoms with Crippen LogP contribution in [0.5, 0.6) is 0 Å². The second-order valence-corrected chi connectivity index (χ2v) is 6.65. The van der Waals surface area contributed by atoms with E-state index in [9.17, 15) is 0 Å². The fourth-order valence-electron chi connectivity index (χ4n) is 1.73. The summed E-state index contributed by atoms with van der Waals surface area (Å²) in [4.78, 5) is 0. The van der Waals surface area contributed by atoms with Crippen molar-refractivity contribution in [3.63, 3.8) is 0 Å². The monoisotopic (exact) mass is 234 g/mol. The topological polar surface area (TPSA) is 37.9 Å². The Morgan fingerprint density at radius 3 is 2.35 bits per heavy atom. The molecular weight excluding hydrogens is 211 g/mol. The van der Waals surface area contributed by atoms with Crippen molar-refractivity contribution in [1.82, 2.24) is 10.2 Å². The molecule has 4 heteroatoms. The van der Waals surface area contributed by atoms with Gasteiger partial charge in [0.2, 0.25) is 0 Å². The Morgan fingerprint density at radius 2 is 1.94 bits per heavy atom. The quantitative estimate of drug-likeness (QED) is 0.813. The molecule has 1 aliphatic carbocycles. The van der Waals surface area contributed by atoms with E-state index in [4.69, 9.17) is 4.65 Å². The predicted molar refractivity (Wildman–Crippen MR) is 71.6 cm³/mol. The Morgan fingerprint density at radius 1 is 1.29 bits per heavy atom. The average Bonchev–Trinajstić information content (AvgIpc) is 2.88. The number of aromatic amines is 1. The summed E-state index contributed by atoms with van der Waals surface area (Å²) in [5.74, 6) is 0.664. The molecule has 0 radical (unpaired) electrons. The van der Waals surface area contributed by atoms with Crippen molar-refractivity contribution >= 4 is 12.5 Å². The molecule has 3 nitrogen and oxygen atoms in total. The molecule has 1 N–H and O–H groups in total. The van der Waals surface area contributed by atoms with E-state index in [0.717, 1.165) is 5.59 Å². The molecule has 94 valence electrons. The fourth-order valence-corrected chi connectivity index (χ4v) is 1.73. The van der Waals surface area contributed by atoms with Gasteiger partial charge in [0.15, 0.2) is 0 Å². The van der Waals surface area contributed by atoms with Crippen LogP contribution in [-0.4, -0.2) is 22.7 Å². The second kappa shape index (κ2) is 4.16. The standard InChI is InChI=1S/C13H23BN2O/c1-12(2,3)13(4,5)17-14(10-6-7-10)11-8-9-15-16-11/h8-10H,6-7H2,1-5H3,(H,15,16). The maximum absolute atomic E-state index is 6.40. The average molecular weight is 234 g/mol. The molecule has 0 aromatic carbocycles. The SMILES string of the molecule is CC(C)(C)C(C)(C)OB(c1ccn[nH]1)C1CC1. The number of aromatic nitrogens is 2. The summed E-state index contributed by atoms with van der Waals surface area (Å²) in [5.41, 5.74) is 1.09. The minimum Gasteiger partial charge on any atom is -0.424 e. The van der Waals surface area contributed by atoms with Gasteiger partial charge >= 0.3 is 6.92 Å². The van der Waals surface area contributed by atoms with Crippen molar-refractivity contribution in [3.8, 4) is 0 Å². The normalized spacial score (nSPS) is 17.2. The maximum Gasteiger partial charge on any atom is 0.349 e. The Hall–Kier alpha value is -0.765. The lowest BCUT2D eigenvalue weighted by Gasteiger charge is -2.41. The minimum absolute atomic E-state index is 0.125. The summed E-state index contributed by atoms with van der Waals surface area (Å²) in [6.45, 7) is 11.2. The van der Waals surface area contributed by atoms with Crippen LogP contribution in [0, 0.1) is 5.41 Å². The third-order valence-corrected chi connectivity index (χ3v) is 4.11. The molecule has 1 aromatic rings. The molecular formula is C13H23BN2O. The van der Waals surface area contributed by atoms with Crippen LogP contribution in [0.3, 0.4) is 0 Å². The Labute approximate surface area is 104 Å². The molecule has 1 saturated carbocycles. The fraction of sp³-hybridized carbons (Fsp3) is 0.769. The van der Waals surface area contributed by atoms with Crippen LogP contribution in [0.25, 0.3) is 0 Å². The molecule has 0 atom stereocenters. The van der Waals surface area contributed by atoms with E-state index in [0.29, 0.717) is 5.82 Å². The first-order valence-electron chi connectivity index (χ1n) is 6.48. The first kappa shape index (κ1) is 12.7. The van der Waals surface area contributed by atoms with Gasteiger partial charge in [-0.15, -0.1) is 0 Å². The van der Waals surface area contributed by atoms with Crippen LogP contribution in [0.15, 0.2) is 12.3 Å².